The van der Waals surface area contributed by atoms with Gasteiger partial charge in [0.15, 0.2) is 6.61 Å². The van der Waals surface area contributed by atoms with Gasteiger partial charge in [0.1, 0.15) is 19.3 Å². The monoisotopic (exact) mass is 223 g/mol. The number of carbonyl (C=O) groups is 2. The van der Waals surface area contributed by atoms with E-state index in [1.807, 2.05) is 0 Å². The molecular weight excluding hydrogens is 217 g/mol. The Morgan fingerprint density at radius 2 is 1.81 bits per heavy atom. The van der Waals surface area contributed by atoms with Crippen molar-refractivity contribution in [2.24, 2.45) is 0 Å². The van der Waals surface area contributed by atoms with Gasteiger partial charge in [-0.05, 0) is 5.92 Å². The zero-order chi connectivity index (χ0) is 12.4. The number of nitriles is 2. The van der Waals surface area contributed by atoms with Crippen LogP contribution in [0.2, 0.25) is 0 Å². The van der Waals surface area contributed by atoms with Gasteiger partial charge in [-0.15, -0.1) is 4.39 Å². The molecule has 0 aliphatic carbocycles. The standard InChI is InChI=1S/C9H6FN3O3/c10-2-1-7-16-9(15)8(14)13(5-3-11)6-4-12/h5-7H2. The zero-order valence-electron chi connectivity index (χ0n) is 8.07. The fraction of sp³-hybridized carbons (Fsp3) is 0.333. The third kappa shape index (κ3) is 4.59. The Morgan fingerprint density at radius 1 is 1.25 bits per heavy atom. The van der Waals surface area contributed by atoms with E-state index >= 15 is 0 Å². The highest BCUT2D eigenvalue weighted by Crippen LogP contribution is 1.91. The molecule has 0 radical (unpaired) electrons. The third-order valence-electron chi connectivity index (χ3n) is 1.33. The van der Waals surface area contributed by atoms with Crippen LogP contribution in [0.1, 0.15) is 0 Å². The molecule has 82 valence electrons. The van der Waals surface area contributed by atoms with Crippen molar-refractivity contribution in [3.63, 3.8) is 0 Å². The predicted octanol–water partition coefficient (Wildman–Crippen LogP) is -0.664. The molecule has 0 rings (SSSR count). The van der Waals surface area contributed by atoms with Crippen LogP contribution in [-0.2, 0) is 14.3 Å². The minimum Gasteiger partial charge on any atom is -0.445 e. The lowest BCUT2D eigenvalue weighted by molar-refractivity contribution is -0.158. The summed E-state index contributed by atoms with van der Waals surface area (Å²) in [5.74, 6) is -0.643. The second-order valence-electron chi connectivity index (χ2n) is 2.32. The number of ether oxygens (including phenoxy) is 1. The van der Waals surface area contributed by atoms with E-state index < -0.39 is 31.6 Å². The second kappa shape index (κ2) is 7.78. The molecule has 0 aromatic carbocycles. The van der Waals surface area contributed by atoms with Crippen LogP contribution in [0.3, 0.4) is 0 Å². The molecule has 0 aliphatic heterocycles. The van der Waals surface area contributed by atoms with Gasteiger partial charge in [-0.2, -0.15) is 10.5 Å². The first-order chi connectivity index (χ1) is 7.67. The average molecular weight is 223 g/mol. The number of halogens is 1. The van der Waals surface area contributed by atoms with Gasteiger partial charge >= 0.3 is 11.9 Å². The summed E-state index contributed by atoms with van der Waals surface area (Å²) < 4.78 is 15.6. The second-order valence-corrected chi connectivity index (χ2v) is 2.32. The molecule has 0 fully saturated rings. The molecule has 0 atom stereocenters. The lowest BCUT2D eigenvalue weighted by Gasteiger charge is -2.13. The molecule has 0 aliphatic rings. The van der Waals surface area contributed by atoms with Crippen molar-refractivity contribution in [2.75, 3.05) is 19.7 Å². The Labute approximate surface area is 90.8 Å². The van der Waals surface area contributed by atoms with E-state index in [-0.39, 0.29) is 0 Å². The lowest BCUT2D eigenvalue weighted by Crippen LogP contribution is -2.38. The Bertz CT molecular complexity index is 394. The number of carbonyl (C=O) groups excluding carboxylic acids is 2. The topological polar surface area (TPSA) is 94.2 Å². The van der Waals surface area contributed by atoms with Crippen molar-refractivity contribution in [3.05, 3.63) is 0 Å². The van der Waals surface area contributed by atoms with Crippen molar-refractivity contribution >= 4 is 11.9 Å². The maximum Gasteiger partial charge on any atom is 0.398 e. The number of hydrogen-bond donors (Lipinski definition) is 0. The summed E-state index contributed by atoms with van der Waals surface area (Å²) in [4.78, 5) is 22.9. The first-order valence-corrected chi connectivity index (χ1v) is 3.95. The summed E-state index contributed by atoms with van der Waals surface area (Å²) in [6, 6.07) is 3.23. The van der Waals surface area contributed by atoms with E-state index in [9.17, 15) is 14.0 Å². The highest BCUT2D eigenvalue weighted by Gasteiger charge is 2.22. The first kappa shape index (κ1) is 13.4. The molecule has 0 unspecified atom stereocenters. The maximum atomic E-state index is 11.3. The molecule has 0 aromatic heterocycles. The maximum absolute atomic E-state index is 11.3. The molecule has 0 saturated heterocycles. The van der Waals surface area contributed by atoms with Crippen LogP contribution in [0.15, 0.2) is 0 Å². The molecule has 16 heavy (non-hydrogen) atoms. The van der Waals surface area contributed by atoms with Gasteiger partial charge < -0.3 is 9.64 Å². The van der Waals surface area contributed by atoms with Crippen LogP contribution in [-0.4, -0.2) is 36.5 Å². The van der Waals surface area contributed by atoms with E-state index in [1.165, 1.54) is 0 Å². The van der Waals surface area contributed by atoms with Crippen molar-refractivity contribution in [2.45, 2.75) is 0 Å². The van der Waals surface area contributed by atoms with E-state index in [4.69, 9.17) is 10.5 Å². The van der Waals surface area contributed by atoms with Crippen LogP contribution >= 0.6 is 0 Å². The lowest BCUT2D eigenvalue weighted by atomic mass is 10.4. The van der Waals surface area contributed by atoms with Crippen LogP contribution in [0, 0.1) is 34.8 Å². The Hall–Kier alpha value is -2.59. The molecule has 0 bridgehead atoms. The number of nitrogens with zero attached hydrogens (tertiary/aromatic N) is 3. The third-order valence-corrected chi connectivity index (χ3v) is 1.33. The summed E-state index contributed by atoms with van der Waals surface area (Å²) >= 11 is 0. The molecular formula is C9H6FN3O3. The number of amides is 1. The Morgan fingerprint density at radius 3 is 2.25 bits per heavy atom. The van der Waals surface area contributed by atoms with Crippen molar-refractivity contribution in [1.29, 1.82) is 10.5 Å². The van der Waals surface area contributed by atoms with Crippen LogP contribution in [0.4, 0.5) is 4.39 Å². The molecule has 7 heteroatoms. The van der Waals surface area contributed by atoms with E-state index in [2.05, 4.69) is 4.74 Å². The predicted molar refractivity (Wildman–Crippen MR) is 47.6 cm³/mol. The highest BCUT2D eigenvalue weighted by atomic mass is 19.1. The molecule has 0 aromatic rings. The van der Waals surface area contributed by atoms with Crippen LogP contribution in [0.5, 0.6) is 0 Å². The minimum atomic E-state index is -1.28. The zero-order valence-corrected chi connectivity index (χ0v) is 8.07. The van der Waals surface area contributed by atoms with Gasteiger partial charge in [0.25, 0.3) is 0 Å². The highest BCUT2D eigenvalue weighted by molar-refractivity contribution is 6.32. The normalized spacial score (nSPS) is 7.69. The van der Waals surface area contributed by atoms with E-state index in [0.717, 1.165) is 6.17 Å². The van der Waals surface area contributed by atoms with Crippen LogP contribution in [0.25, 0.3) is 0 Å². The summed E-state index contributed by atoms with van der Waals surface area (Å²) in [7, 11) is 0. The quantitative estimate of drug-likeness (QED) is 0.274. The van der Waals surface area contributed by atoms with Crippen molar-refractivity contribution in [3.8, 4) is 24.2 Å². The summed E-state index contributed by atoms with van der Waals surface area (Å²) in [6.45, 7) is -1.37. The van der Waals surface area contributed by atoms with Crippen molar-refractivity contribution < 1.29 is 18.7 Å². The van der Waals surface area contributed by atoms with Crippen molar-refractivity contribution in [1.82, 2.24) is 4.90 Å². The molecule has 6 nitrogen and oxygen atoms in total. The van der Waals surface area contributed by atoms with Gasteiger partial charge in [-0.1, -0.05) is 0 Å². The van der Waals surface area contributed by atoms with E-state index in [1.54, 1.807) is 18.1 Å². The fourth-order valence-corrected chi connectivity index (χ4v) is 0.690. The molecule has 0 saturated carbocycles. The fourth-order valence-electron chi connectivity index (χ4n) is 0.690. The Balaban J connectivity index is 4.37. The largest absolute Gasteiger partial charge is 0.445 e. The van der Waals surface area contributed by atoms with Gasteiger partial charge in [0.2, 0.25) is 0 Å². The van der Waals surface area contributed by atoms with Gasteiger partial charge in [0, 0.05) is 0 Å². The summed E-state index contributed by atoms with van der Waals surface area (Å²) in [5, 5.41) is 16.7. The average Bonchev–Trinajstić information content (AvgIpc) is 2.28. The van der Waals surface area contributed by atoms with Gasteiger partial charge in [0.05, 0.1) is 12.1 Å². The Kier molecular flexibility index (Phi) is 6.52. The number of rotatable bonds is 3. The number of hydrogen-bond acceptors (Lipinski definition) is 5. The molecule has 0 N–H and O–H groups in total. The molecule has 0 spiro atoms. The summed E-state index contributed by atoms with van der Waals surface area (Å²) in [6.07, 6.45) is 0.985. The molecule has 1 amide bonds. The van der Waals surface area contributed by atoms with Gasteiger partial charge in [-0.3, -0.25) is 4.79 Å². The van der Waals surface area contributed by atoms with E-state index in [0.29, 0.717) is 4.90 Å². The minimum absolute atomic E-state index is 0.406. The summed E-state index contributed by atoms with van der Waals surface area (Å²) in [5.41, 5.74) is 0. The van der Waals surface area contributed by atoms with Gasteiger partial charge in [-0.25, -0.2) is 4.79 Å². The van der Waals surface area contributed by atoms with Crippen LogP contribution < -0.4 is 0 Å². The smallest absolute Gasteiger partial charge is 0.398 e. The first-order valence-electron chi connectivity index (χ1n) is 3.95. The molecule has 0 heterocycles. The number of esters is 1. The SMILES string of the molecule is N#CCN(CC#N)C(=O)C(=O)OCC#CF.